The summed E-state index contributed by atoms with van der Waals surface area (Å²) in [7, 11) is 0. The van der Waals surface area contributed by atoms with E-state index >= 15 is 0 Å². The van der Waals surface area contributed by atoms with E-state index in [0.717, 1.165) is 25.0 Å². The first-order chi connectivity index (χ1) is 13.8. The van der Waals surface area contributed by atoms with Crippen LogP contribution in [0.1, 0.15) is 42.1 Å². The van der Waals surface area contributed by atoms with E-state index in [1.54, 1.807) is 0 Å². The number of halogens is 4. The molecule has 0 aliphatic rings. The zero-order valence-electron chi connectivity index (χ0n) is 15.9. The highest BCUT2D eigenvalue weighted by atomic mass is 35.5. The Morgan fingerprint density at radius 1 is 1.24 bits per heavy atom. The van der Waals surface area contributed by atoms with Crippen LogP contribution in [0.15, 0.2) is 30.6 Å². The molecule has 0 spiro atoms. The molecule has 0 unspecified atom stereocenters. The summed E-state index contributed by atoms with van der Waals surface area (Å²) in [5.41, 5.74) is -0.585. The number of nitrogens with zero attached hydrogens (tertiary/aromatic N) is 2. The lowest BCUT2D eigenvalue weighted by Gasteiger charge is -2.13. The molecule has 2 rings (SSSR count). The monoisotopic (exact) mass is 430 g/mol. The number of alkyl halides is 3. The fraction of sp³-hybridized carbons (Fsp3) is 0.421. The van der Waals surface area contributed by atoms with Gasteiger partial charge < -0.3 is 15.4 Å². The average Bonchev–Trinajstić information content (AvgIpc) is 2.67. The number of nitrogens with one attached hydrogen (secondary N) is 2. The van der Waals surface area contributed by atoms with Gasteiger partial charge in [-0.25, -0.2) is 0 Å². The van der Waals surface area contributed by atoms with Gasteiger partial charge in [-0.05, 0) is 25.0 Å². The first-order valence-electron chi connectivity index (χ1n) is 9.15. The van der Waals surface area contributed by atoms with E-state index in [-0.39, 0.29) is 41.3 Å². The van der Waals surface area contributed by atoms with E-state index in [4.69, 9.17) is 16.3 Å². The van der Waals surface area contributed by atoms with Gasteiger partial charge in [0.2, 0.25) is 5.88 Å². The SMILES string of the molecule is CCCCNc1cc(C(F)(F)F)cc(OCCCNC(=O)c2cnccc2Cl)n1. The lowest BCUT2D eigenvalue weighted by Crippen LogP contribution is -2.26. The number of amides is 1. The molecule has 0 aliphatic heterocycles. The van der Waals surface area contributed by atoms with Crippen molar-refractivity contribution in [1.29, 1.82) is 0 Å². The summed E-state index contributed by atoms with van der Waals surface area (Å²) in [5.74, 6) is -0.397. The minimum absolute atomic E-state index is 0.0871. The van der Waals surface area contributed by atoms with Gasteiger partial charge in [0.25, 0.3) is 5.91 Å². The number of anilines is 1. The van der Waals surface area contributed by atoms with Gasteiger partial charge in [-0.15, -0.1) is 0 Å². The van der Waals surface area contributed by atoms with Crippen LogP contribution < -0.4 is 15.4 Å². The zero-order valence-corrected chi connectivity index (χ0v) is 16.6. The van der Waals surface area contributed by atoms with Crippen molar-refractivity contribution in [3.63, 3.8) is 0 Å². The molecule has 2 aromatic rings. The third kappa shape index (κ3) is 7.41. The Morgan fingerprint density at radius 2 is 2.03 bits per heavy atom. The second kappa shape index (κ2) is 10.8. The highest BCUT2D eigenvalue weighted by Crippen LogP contribution is 2.32. The van der Waals surface area contributed by atoms with Gasteiger partial charge in [0.1, 0.15) is 5.82 Å². The van der Waals surface area contributed by atoms with Crippen molar-refractivity contribution in [2.75, 3.05) is 25.0 Å². The summed E-state index contributed by atoms with van der Waals surface area (Å²) in [4.78, 5) is 19.9. The molecule has 2 heterocycles. The zero-order chi connectivity index (χ0) is 21.3. The van der Waals surface area contributed by atoms with E-state index in [1.165, 1.54) is 18.5 Å². The molecule has 0 saturated carbocycles. The normalized spacial score (nSPS) is 11.2. The lowest BCUT2D eigenvalue weighted by atomic mass is 10.2. The van der Waals surface area contributed by atoms with Gasteiger partial charge in [0, 0.05) is 31.5 Å². The largest absolute Gasteiger partial charge is 0.478 e. The Balaban J connectivity index is 1.88. The third-order valence-corrected chi connectivity index (χ3v) is 4.16. The molecule has 0 radical (unpaired) electrons. The molecular formula is C19H22ClF3N4O2. The Kier molecular flexibility index (Phi) is 8.50. The van der Waals surface area contributed by atoms with Crippen LogP contribution in [-0.2, 0) is 6.18 Å². The Labute approximate surface area is 171 Å². The highest BCUT2D eigenvalue weighted by molar-refractivity contribution is 6.33. The molecule has 0 saturated heterocycles. The van der Waals surface area contributed by atoms with Crippen molar-refractivity contribution in [2.45, 2.75) is 32.4 Å². The number of carbonyl (C=O) groups is 1. The van der Waals surface area contributed by atoms with Crippen LogP contribution in [0.4, 0.5) is 19.0 Å². The molecule has 0 bridgehead atoms. The second-order valence-corrected chi connectivity index (χ2v) is 6.58. The van der Waals surface area contributed by atoms with Gasteiger partial charge >= 0.3 is 6.18 Å². The van der Waals surface area contributed by atoms with Gasteiger partial charge in [0.15, 0.2) is 0 Å². The van der Waals surface area contributed by atoms with Gasteiger partial charge in [-0.2, -0.15) is 18.2 Å². The van der Waals surface area contributed by atoms with Crippen molar-refractivity contribution in [3.8, 4) is 5.88 Å². The van der Waals surface area contributed by atoms with Crippen LogP contribution in [0.5, 0.6) is 5.88 Å². The van der Waals surface area contributed by atoms with E-state index in [0.29, 0.717) is 13.0 Å². The second-order valence-electron chi connectivity index (χ2n) is 6.17. The molecular weight excluding hydrogens is 409 g/mol. The van der Waals surface area contributed by atoms with Gasteiger partial charge in [-0.1, -0.05) is 24.9 Å². The van der Waals surface area contributed by atoms with Crippen molar-refractivity contribution in [2.24, 2.45) is 0 Å². The van der Waals surface area contributed by atoms with E-state index < -0.39 is 11.7 Å². The van der Waals surface area contributed by atoms with E-state index in [2.05, 4.69) is 20.6 Å². The number of ether oxygens (including phenoxy) is 1. The summed E-state index contributed by atoms with van der Waals surface area (Å²) >= 11 is 5.92. The average molecular weight is 431 g/mol. The Bertz CT molecular complexity index is 818. The number of carbonyl (C=O) groups excluding carboxylic acids is 1. The van der Waals surface area contributed by atoms with Crippen LogP contribution in [0.3, 0.4) is 0 Å². The van der Waals surface area contributed by atoms with Crippen LogP contribution in [0.2, 0.25) is 5.02 Å². The number of hydrogen-bond acceptors (Lipinski definition) is 5. The van der Waals surface area contributed by atoms with E-state index in [1.807, 2.05) is 6.92 Å². The van der Waals surface area contributed by atoms with Gasteiger partial charge in [0.05, 0.1) is 22.8 Å². The molecule has 0 aromatic carbocycles. The molecule has 0 aliphatic carbocycles. The number of rotatable bonds is 10. The molecule has 158 valence electrons. The standard InChI is InChI=1S/C19H22ClF3N4O2/c1-2-3-6-25-16-10-13(19(21,22)23)11-17(27-16)29-9-4-7-26-18(28)14-12-24-8-5-15(14)20/h5,8,10-12H,2-4,6-7,9H2,1H3,(H,25,27)(H,26,28). The first-order valence-corrected chi connectivity index (χ1v) is 9.52. The molecule has 29 heavy (non-hydrogen) atoms. The molecule has 0 fully saturated rings. The Hall–Kier alpha value is -2.55. The topological polar surface area (TPSA) is 76.1 Å². The molecule has 10 heteroatoms. The summed E-state index contributed by atoms with van der Waals surface area (Å²) in [6, 6.07) is 3.32. The number of pyridine rings is 2. The molecule has 6 nitrogen and oxygen atoms in total. The predicted molar refractivity (Wildman–Crippen MR) is 104 cm³/mol. The predicted octanol–water partition coefficient (Wildman–Crippen LogP) is 4.56. The number of aromatic nitrogens is 2. The fourth-order valence-electron chi connectivity index (χ4n) is 2.32. The molecule has 2 aromatic heterocycles. The number of unbranched alkanes of at least 4 members (excludes halogenated alkanes) is 1. The lowest BCUT2D eigenvalue weighted by molar-refractivity contribution is -0.137. The van der Waals surface area contributed by atoms with Crippen molar-refractivity contribution >= 4 is 23.3 Å². The maximum absolute atomic E-state index is 13.1. The fourth-order valence-corrected chi connectivity index (χ4v) is 2.51. The summed E-state index contributed by atoms with van der Waals surface area (Å²) < 4.78 is 44.6. The molecule has 2 N–H and O–H groups in total. The van der Waals surface area contributed by atoms with E-state index in [9.17, 15) is 18.0 Å². The summed E-state index contributed by atoms with van der Waals surface area (Å²) in [6.45, 7) is 2.85. The van der Waals surface area contributed by atoms with Crippen molar-refractivity contribution in [1.82, 2.24) is 15.3 Å². The first kappa shape index (κ1) is 22.7. The van der Waals surface area contributed by atoms with Crippen molar-refractivity contribution in [3.05, 3.63) is 46.7 Å². The van der Waals surface area contributed by atoms with Crippen LogP contribution in [0, 0.1) is 0 Å². The molecule has 0 atom stereocenters. The quantitative estimate of drug-likeness (QED) is 0.540. The summed E-state index contributed by atoms with van der Waals surface area (Å²) in [6.07, 6.45) is 0.424. The highest BCUT2D eigenvalue weighted by Gasteiger charge is 2.32. The van der Waals surface area contributed by atoms with Gasteiger partial charge in [-0.3, -0.25) is 9.78 Å². The minimum Gasteiger partial charge on any atom is -0.478 e. The Morgan fingerprint density at radius 3 is 2.72 bits per heavy atom. The van der Waals surface area contributed by atoms with Crippen LogP contribution in [-0.4, -0.2) is 35.6 Å². The van der Waals surface area contributed by atoms with Crippen LogP contribution in [0.25, 0.3) is 0 Å². The van der Waals surface area contributed by atoms with Crippen LogP contribution >= 0.6 is 11.6 Å². The maximum atomic E-state index is 13.1. The number of hydrogen-bond donors (Lipinski definition) is 2. The smallest absolute Gasteiger partial charge is 0.416 e. The maximum Gasteiger partial charge on any atom is 0.416 e. The van der Waals surface area contributed by atoms with Crippen molar-refractivity contribution < 1.29 is 22.7 Å². The molecule has 1 amide bonds. The summed E-state index contributed by atoms with van der Waals surface area (Å²) in [5, 5.41) is 5.81. The third-order valence-electron chi connectivity index (χ3n) is 3.83. The minimum atomic E-state index is -4.50.